The van der Waals surface area contributed by atoms with Gasteiger partial charge < -0.3 is 19.6 Å². The average molecular weight is 268 g/mol. The predicted molar refractivity (Wildman–Crippen MR) is 71.8 cm³/mol. The lowest BCUT2D eigenvalue weighted by Gasteiger charge is -2.15. The minimum Gasteiger partial charge on any atom is -0.444 e. The Labute approximate surface area is 114 Å². The highest BCUT2D eigenvalue weighted by molar-refractivity contribution is 4.93. The van der Waals surface area contributed by atoms with E-state index in [1.165, 1.54) is 12.8 Å². The number of nitrogens with one attached hydrogen (secondary N) is 1. The molecule has 108 valence electrons. The Morgan fingerprint density at radius 3 is 3.00 bits per heavy atom. The maximum absolute atomic E-state index is 9.80. The summed E-state index contributed by atoms with van der Waals surface area (Å²) in [5.41, 5.74) is 0. The van der Waals surface area contributed by atoms with Gasteiger partial charge in [-0.3, -0.25) is 0 Å². The Hall–Kier alpha value is -0.910. The summed E-state index contributed by atoms with van der Waals surface area (Å²) < 4.78 is 11.1. The standard InChI is InChI=1S/C14H24N2O3/c1-2-12-8-16-14(19-12)9-15-7-11(17)10-18-13-5-3-4-6-13/h8,11,13,15,17H,2-7,9-10H2,1H3. The largest absolute Gasteiger partial charge is 0.444 e. The van der Waals surface area contributed by atoms with Crippen LogP contribution in [0, 0.1) is 0 Å². The molecule has 1 fully saturated rings. The lowest BCUT2D eigenvalue weighted by atomic mass is 10.3. The third-order valence-corrected chi connectivity index (χ3v) is 3.43. The van der Waals surface area contributed by atoms with Crippen molar-refractivity contribution in [1.29, 1.82) is 0 Å². The summed E-state index contributed by atoms with van der Waals surface area (Å²) in [7, 11) is 0. The second kappa shape index (κ2) is 7.62. The molecular weight excluding hydrogens is 244 g/mol. The lowest BCUT2D eigenvalue weighted by Crippen LogP contribution is -2.31. The Morgan fingerprint density at radius 2 is 2.32 bits per heavy atom. The summed E-state index contributed by atoms with van der Waals surface area (Å²) in [4.78, 5) is 4.15. The van der Waals surface area contributed by atoms with Crippen molar-refractivity contribution in [3.05, 3.63) is 17.8 Å². The monoisotopic (exact) mass is 268 g/mol. The van der Waals surface area contributed by atoms with Crippen LogP contribution in [0.5, 0.6) is 0 Å². The maximum atomic E-state index is 9.80. The molecule has 0 amide bonds. The van der Waals surface area contributed by atoms with E-state index in [-0.39, 0.29) is 0 Å². The molecule has 2 N–H and O–H groups in total. The van der Waals surface area contributed by atoms with Crippen LogP contribution in [-0.2, 0) is 17.7 Å². The summed E-state index contributed by atoms with van der Waals surface area (Å²) in [6.07, 6.45) is 7.26. The van der Waals surface area contributed by atoms with Crippen molar-refractivity contribution in [2.24, 2.45) is 0 Å². The Kier molecular flexibility index (Phi) is 5.82. The van der Waals surface area contributed by atoms with Crippen LogP contribution in [0.2, 0.25) is 0 Å². The summed E-state index contributed by atoms with van der Waals surface area (Å²) >= 11 is 0. The molecule has 5 nitrogen and oxygen atoms in total. The van der Waals surface area contributed by atoms with Gasteiger partial charge in [0, 0.05) is 13.0 Å². The van der Waals surface area contributed by atoms with Gasteiger partial charge in [0.2, 0.25) is 5.89 Å². The molecule has 0 aliphatic heterocycles. The minimum atomic E-state index is -0.471. The number of hydrogen-bond donors (Lipinski definition) is 2. The molecule has 5 heteroatoms. The number of hydrogen-bond acceptors (Lipinski definition) is 5. The van der Waals surface area contributed by atoms with Crippen molar-refractivity contribution in [3.63, 3.8) is 0 Å². The van der Waals surface area contributed by atoms with E-state index in [9.17, 15) is 5.11 Å². The first kappa shape index (κ1) is 14.5. The Balaban J connectivity index is 1.56. The van der Waals surface area contributed by atoms with Crippen molar-refractivity contribution >= 4 is 0 Å². The van der Waals surface area contributed by atoms with Crippen molar-refractivity contribution < 1.29 is 14.3 Å². The third-order valence-electron chi connectivity index (χ3n) is 3.43. The number of aliphatic hydroxyl groups is 1. The molecule has 1 aliphatic carbocycles. The maximum Gasteiger partial charge on any atom is 0.208 e. The number of aromatic nitrogens is 1. The van der Waals surface area contributed by atoms with E-state index in [0.29, 0.717) is 31.7 Å². The first-order valence-electron chi connectivity index (χ1n) is 7.22. The van der Waals surface area contributed by atoms with Crippen LogP contribution in [0.15, 0.2) is 10.6 Å². The van der Waals surface area contributed by atoms with E-state index in [0.717, 1.165) is 25.0 Å². The highest BCUT2D eigenvalue weighted by atomic mass is 16.5. The van der Waals surface area contributed by atoms with E-state index in [1.54, 1.807) is 6.20 Å². The van der Waals surface area contributed by atoms with Crippen molar-refractivity contribution in [1.82, 2.24) is 10.3 Å². The molecule has 0 spiro atoms. The first-order chi connectivity index (χ1) is 9.28. The quantitative estimate of drug-likeness (QED) is 0.750. The second-order valence-electron chi connectivity index (χ2n) is 5.10. The molecule has 1 heterocycles. The summed E-state index contributed by atoms with van der Waals surface area (Å²) in [6, 6.07) is 0. The number of rotatable bonds is 8. The molecule has 1 saturated carbocycles. The van der Waals surface area contributed by atoms with E-state index in [2.05, 4.69) is 10.3 Å². The van der Waals surface area contributed by atoms with E-state index in [4.69, 9.17) is 9.15 Å². The fourth-order valence-corrected chi connectivity index (χ4v) is 2.30. The highest BCUT2D eigenvalue weighted by Crippen LogP contribution is 2.20. The number of nitrogens with zero attached hydrogens (tertiary/aromatic N) is 1. The van der Waals surface area contributed by atoms with Gasteiger partial charge in [0.25, 0.3) is 0 Å². The van der Waals surface area contributed by atoms with Crippen LogP contribution in [-0.4, -0.2) is 35.5 Å². The topological polar surface area (TPSA) is 67.5 Å². The smallest absolute Gasteiger partial charge is 0.208 e. The molecule has 0 radical (unpaired) electrons. The van der Waals surface area contributed by atoms with Gasteiger partial charge in [0.1, 0.15) is 5.76 Å². The lowest BCUT2D eigenvalue weighted by molar-refractivity contribution is -0.00564. The molecule has 2 rings (SSSR count). The van der Waals surface area contributed by atoms with Crippen molar-refractivity contribution in [2.45, 2.75) is 57.8 Å². The molecule has 1 unspecified atom stereocenters. The molecule has 1 aromatic heterocycles. The molecule has 1 aromatic rings. The highest BCUT2D eigenvalue weighted by Gasteiger charge is 2.16. The van der Waals surface area contributed by atoms with Gasteiger partial charge in [-0.15, -0.1) is 0 Å². The first-order valence-corrected chi connectivity index (χ1v) is 7.22. The van der Waals surface area contributed by atoms with E-state index >= 15 is 0 Å². The molecular formula is C14H24N2O3. The molecule has 1 atom stereocenters. The molecule has 0 saturated heterocycles. The van der Waals surface area contributed by atoms with Crippen molar-refractivity contribution in [3.8, 4) is 0 Å². The fraction of sp³-hybridized carbons (Fsp3) is 0.786. The zero-order chi connectivity index (χ0) is 13.5. The number of aliphatic hydroxyl groups excluding tert-OH is 1. The zero-order valence-corrected chi connectivity index (χ0v) is 11.6. The third kappa shape index (κ3) is 4.93. The van der Waals surface area contributed by atoms with Crippen LogP contribution in [0.4, 0.5) is 0 Å². The average Bonchev–Trinajstić information content (AvgIpc) is 3.07. The predicted octanol–water partition coefficient (Wildman–Crippen LogP) is 1.65. The van der Waals surface area contributed by atoms with Gasteiger partial charge in [0.15, 0.2) is 0 Å². The second-order valence-corrected chi connectivity index (χ2v) is 5.10. The number of oxazole rings is 1. The minimum absolute atomic E-state index is 0.355. The summed E-state index contributed by atoms with van der Waals surface area (Å²) in [5.74, 6) is 1.56. The molecule has 0 bridgehead atoms. The molecule has 1 aliphatic rings. The normalized spacial score (nSPS) is 18.0. The van der Waals surface area contributed by atoms with Gasteiger partial charge in [-0.05, 0) is 12.8 Å². The van der Waals surface area contributed by atoms with Gasteiger partial charge >= 0.3 is 0 Å². The van der Waals surface area contributed by atoms with Gasteiger partial charge in [-0.1, -0.05) is 19.8 Å². The van der Waals surface area contributed by atoms with Crippen LogP contribution < -0.4 is 5.32 Å². The van der Waals surface area contributed by atoms with Gasteiger partial charge in [-0.2, -0.15) is 0 Å². The number of aryl methyl sites for hydroxylation is 1. The molecule has 0 aromatic carbocycles. The van der Waals surface area contributed by atoms with Crippen LogP contribution in [0.1, 0.15) is 44.3 Å². The Morgan fingerprint density at radius 1 is 1.53 bits per heavy atom. The van der Waals surface area contributed by atoms with Crippen molar-refractivity contribution in [2.75, 3.05) is 13.2 Å². The Bertz CT molecular complexity index is 361. The van der Waals surface area contributed by atoms with E-state index in [1.807, 2.05) is 6.92 Å². The van der Waals surface area contributed by atoms with Crippen LogP contribution >= 0.6 is 0 Å². The molecule has 19 heavy (non-hydrogen) atoms. The van der Waals surface area contributed by atoms with Crippen LogP contribution in [0.3, 0.4) is 0 Å². The van der Waals surface area contributed by atoms with Gasteiger partial charge in [0.05, 0.1) is 31.6 Å². The SMILES string of the molecule is CCc1cnc(CNCC(O)COC2CCCC2)o1. The fourth-order valence-electron chi connectivity index (χ4n) is 2.30. The summed E-state index contributed by atoms with van der Waals surface area (Å²) in [5, 5.41) is 12.9. The van der Waals surface area contributed by atoms with E-state index < -0.39 is 6.10 Å². The van der Waals surface area contributed by atoms with Gasteiger partial charge in [-0.25, -0.2) is 4.98 Å². The number of ether oxygens (including phenoxy) is 1. The summed E-state index contributed by atoms with van der Waals surface area (Å²) in [6.45, 7) is 3.47. The zero-order valence-electron chi connectivity index (χ0n) is 11.6. The van der Waals surface area contributed by atoms with Crippen LogP contribution in [0.25, 0.3) is 0 Å².